The predicted molar refractivity (Wildman–Crippen MR) is 83.4 cm³/mol. The number of rotatable bonds is 5. The van der Waals surface area contributed by atoms with Gasteiger partial charge in [-0.1, -0.05) is 0 Å². The van der Waals surface area contributed by atoms with E-state index in [1.807, 2.05) is 19.1 Å². The first-order valence-electron chi connectivity index (χ1n) is 7.55. The van der Waals surface area contributed by atoms with Gasteiger partial charge in [0.25, 0.3) is 0 Å². The second-order valence-corrected chi connectivity index (χ2v) is 5.69. The zero-order chi connectivity index (χ0) is 15.5. The lowest BCUT2D eigenvalue weighted by Crippen LogP contribution is -2.20. The average molecular weight is 302 g/mol. The summed E-state index contributed by atoms with van der Waals surface area (Å²) in [5.41, 5.74) is 2.22. The van der Waals surface area contributed by atoms with Gasteiger partial charge in [-0.15, -0.1) is 0 Å². The second kappa shape index (κ2) is 6.40. The van der Waals surface area contributed by atoms with Gasteiger partial charge < -0.3 is 13.9 Å². The van der Waals surface area contributed by atoms with Crippen molar-refractivity contribution < 1.29 is 13.9 Å². The van der Waals surface area contributed by atoms with Crippen molar-refractivity contribution in [3.8, 4) is 11.5 Å². The van der Waals surface area contributed by atoms with Crippen molar-refractivity contribution in [3.63, 3.8) is 0 Å². The molecule has 1 fully saturated rings. The zero-order valence-electron chi connectivity index (χ0n) is 13.3. The smallest absolute Gasteiger partial charge is 0.191 e. The second-order valence-electron chi connectivity index (χ2n) is 5.69. The van der Waals surface area contributed by atoms with Gasteiger partial charge in [-0.3, -0.25) is 4.90 Å². The monoisotopic (exact) mass is 302 g/mol. The first-order chi connectivity index (χ1) is 10.7. The van der Waals surface area contributed by atoms with Gasteiger partial charge >= 0.3 is 0 Å². The molecule has 1 aliphatic heterocycles. The summed E-state index contributed by atoms with van der Waals surface area (Å²) in [6.07, 6.45) is 2.86. The number of aromatic nitrogens is 1. The number of methoxy groups -OCH3 is 2. The molecule has 22 heavy (non-hydrogen) atoms. The van der Waals surface area contributed by atoms with Crippen molar-refractivity contribution in [3.05, 3.63) is 41.6 Å². The Balaban J connectivity index is 1.72. The number of aryl methyl sites for hydroxylation is 1. The molecule has 5 nitrogen and oxygen atoms in total. The maximum absolute atomic E-state index is 5.51. The third-order valence-electron chi connectivity index (χ3n) is 4.20. The molecular weight excluding hydrogens is 280 g/mol. The SMILES string of the molecule is COc1ccc(OC)c(C2CCN(Cc3coc(C)n3)C2)c1. The minimum Gasteiger partial charge on any atom is -0.497 e. The molecule has 0 bridgehead atoms. The normalized spacial score (nSPS) is 18.6. The highest BCUT2D eigenvalue weighted by atomic mass is 16.5. The van der Waals surface area contributed by atoms with Crippen LogP contribution in [0.1, 0.15) is 29.5 Å². The van der Waals surface area contributed by atoms with Crippen LogP contribution in [0, 0.1) is 6.92 Å². The fourth-order valence-corrected chi connectivity index (χ4v) is 3.10. The third-order valence-corrected chi connectivity index (χ3v) is 4.20. The van der Waals surface area contributed by atoms with Crippen LogP contribution in [0.4, 0.5) is 0 Å². The van der Waals surface area contributed by atoms with Gasteiger partial charge in [-0.25, -0.2) is 4.98 Å². The van der Waals surface area contributed by atoms with E-state index < -0.39 is 0 Å². The van der Waals surface area contributed by atoms with E-state index in [4.69, 9.17) is 13.9 Å². The van der Waals surface area contributed by atoms with Gasteiger partial charge in [0, 0.05) is 31.5 Å². The van der Waals surface area contributed by atoms with Crippen LogP contribution < -0.4 is 9.47 Å². The molecule has 1 aromatic heterocycles. The molecule has 1 unspecified atom stereocenters. The molecule has 118 valence electrons. The molecule has 1 atom stereocenters. The highest BCUT2D eigenvalue weighted by Gasteiger charge is 2.27. The van der Waals surface area contributed by atoms with Crippen molar-refractivity contribution in [1.82, 2.24) is 9.88 Å². The van der Waals surface area contributed by atoms with Crippen molar-refractivity contribution in [1.29, 1.82) is 0 Å². The number of oxazole rings is 1. The lowest BCUT2D eigenvalue weighted by atomic mass is 9.97. The molecule has 1 saturated heterocycles. The summed E-state index contributed by atoms with van der Waals surface area (Å²) in [6.45, 7) is 4.75. The van der Waals surface area contributed by atoms with Crippen molar-refractivity contribution in [2.45, 2.75) is 25.8 Å². The average Bonchev–Trinajstić information content (AvgIpc) is 3.16. The van der Waals surface area contributed by atoms with Crippen LogP contribution >= 0.6 is 0 Å². The minimum absolute atomic E-state index is 0.457. The highest BCUT2D eigenvalue weighted by molar-refractivity contribution is 5.43. The Kier molecular flexibility index (Phi) is 4.34. The van der Waals surface area contributed by atoms with Crippen LogP contribution in [0.3, 0.4) is 0 Å². The quantitative estimate of drug-likeness (QED) is 0.849. The van der Waals surface area contributed by atoms with E-state index in [-0.39, 0.29) is 0 Å². The maximum atomic E-state index is 5.51. The number of nitrogens with zero attached hydrogens (tertiary/aromatic N) is 2. The number of benzene rings is 1. The summed E-state index contributed by atoms with van der Waals surface area (Å²) in [5.74, 6) is 2.99. The minimum atomic E-state index is 0.457. The molecule has 0 aliphatic carbocycles. The van der Waals surface area contributed by atoms with E-state index in [2.05, 4.69) is 16.0 Å². The van der Waals surface area contributed by atoms with Crippen LogP contribution in [0.15, 0.2) is 28.9 Å². The third kappa shape index (κ3) is 3.09. The summed E-state index contributed by atoms with van der Waals surface area (Å²) in [7, 11) is 3.41. The summed E-state index contributed by atoms with van der Waals surface area (Å²) in [6, 6.07) is 6.01. The number of hydrogen-bond acceptors (Lipinski definition) is 5. The standard InChI is InChI=1S/C17H22N2O3/c1-12-18-14(11-22-12)10-19-7-6-13(9-19)16-8-15(20-2)4-5-17(16)21-3/h4-5,8,11,13H,6-7,9-10H2,1-3H3. The molecule has 0 radical (unpaired) electrons. The first-order valence-corrected chi connectivity index (χ1v) is 7.55. The van der Waals surface area contributed by atoms with E-state index in [1.165, 1.54) is 5.56 Å². The van der Waals surface area contributed by atoms with Gasteiger partial charge in [0.05, 0.1) is 19.9 Å². The van der Waals surface area contributed by atoms with Crippen LogP contribution in [-0.2, 0) is 6.54 Å². The predicted octanol–water partition coefficient (Wildman–Crippen LogP) is 2.99. The van der Waals surface area contributed by atoms with Gasteiger partial charge in [0.1, 0.15) is 17.8 Å². The van der Waals surface area contributed by atoms with Crippen LogP contribution in [0.2, 0.25) is 0 Å². The Hall–Kier alpha value is -2.01. The Labute approximate surface area is 130 Å². The van der Waals surface area contributed by atoms with Crippen molar-refractivity contribution in [2.75, 3.05) is 27.3 Å². The van der Waals surface area contributed by atoms with Crippen LogP contribution in [0.25, 0.3) is 0 Å². The lowest BCUT2D eigenvalue weighted by molar-refractivity contribution is 0.321. The topological polar surface area (TPSA) is 47.7 Å². The molecule has 0 spiro atoms. The molecule has 0 N–H and O–H groups in total. The molecule has 2 aromatic rings. The molecule has 3 rings (SSSR count). The zero-order valence-corrected chi connectivity index (χ0v) is 13.3. The molecule has 1 aliphatic rings. The Morgan fingerprint density at radius 3 is 2.86 bits per heavy atom. The van der Waals surface area contributed by atoms with Gasteiger partial charge in [0.2, 0.25) is 0 Å². The number of hydrogen-bond donors (Lipinski definition) is 0. The highest BCUT2D eigenvalue weighted by Crippen LogP contribution is 2.36. The molecule has 5 heteroatoms. The van der Waals surface area contributed by atoms with Gasteiger partial charge in [-0.2, -0.15) is 0 Å². The molecular formula is C17H22N2O3. The summed E-state index contributed by atoms with van der Waals surface area (Å²) in [5, 5.41) is 0. The maximum Gasteiger partial charge on any atom is 0.191 e. The summed E-state index contributed by atoms with van der Waals surface area (Å²) in [4.78, 5) is 6.78. The van der Waals surface area contributed by atoms with E-state index >= 15 is 0 Å². The molecule has 0 saturated carbocycles. The first kappa shape index (κ1) is 14.9. The Morgan fingerprint density at radius 1 is 1.32 bits per heavy atom. The largest absolute Gasteiger partial charge is 0.497 e. The van der Waals surface area contributed by atoms with Crippen LogP contribution in [-0.4, -0.2) is 37.2 Å². The van der Waals surface area contributed by atoms with Crippen LogP contribution in [0.5, 0.6) is 11.5 Å². The number of ether oxygens (including phenoxy) is 2. The Morgan fingerprint density at radius 2 is 2.18 bits per heavy atom. The van der Waals surface area contributed by atoms with E-state index in [0.29, 0.717) is 5.92 Å². The fourth-order valence-electron chi connectivity index (χ4n) is 3.10. The van der Waals surface area contributed by atoms with Crippen molar-refractivity contribution >= 4 is 0 Å². The molecule has 1 aromatic carbocycles. The van der Waals surface area contributed by atoms with E-state index in [1.54, 1.807) is 20.5 Å². The summed E-state index contributed by atoms with van der Waals surface area (Å²) < 4.78 is 16.1. The fraction of sp³-hybridized carbons (Fsp3) is 0.471. The number of likely N-dealkylation sites (tertiary alicyclic amines) is 1. The van der Waals surface area contributed by atoms with Gasteiger partial charge in [-0.05, 0) is 31.2 Å². The Bertz CT molecular complexity index is 639. The lowest BCUT2D eigenvalue weighted by Gasteiger charge is -2.17. The van der Waals surface area contributed by atoms with Gasteiger partial charge in [0.15, 0.2) is 5.89 Å². The van der Waals surface area contributed by atoms with Crippen molar-refractivity contribution in [2.24, 2.45) is 0 Å². The van der Waals surface area contributed by atoms with E-state index in [9.17, 15) is 0 Å². The summed E-state index contributed by atoms with van der Waals surface area (Å²) >= 11 is 0. The molecule has 0 amide bonds. The van der Waals surface area contributed by atoms with E-state index in [0.717, 1.165) is 49.1 Å². The molecule has 2 heterocycles.